The van der Waals surface area contributed by atoms with E-state index in [4.69, 9.17) is 50.0 Å². The van der Waals surface area contributed by atoms with Gasteiger partial charge in [0.1, 0.15) is 11.4 Å². The van der Waals surface area contributed by atoms with Crippen molar-refractivity contribution in [3.8, 4) is 5.75 Å². The van der Waals surface area contributed by atoms with Crippen LogP contribution >= 0.6 is 34.8 Å². The maximum absolute atomic E-state index is 11.9. The lowest BCUT2D eigenvalue weighted by Gasteiger charge is -2.20. The number of rotatable bonds is 3. The van der Waals surface area contributed by atoms with Crippen LogP contribution in [0.4, 0.5) is 0 Å². The first-order valence-corrected chi connectivity index (χ1v) is 7.03. The number of hydrogen-bond donors (Lipinski definition) is 2. The molecule has 114 valence electrons. The summed E-state index contributed by atoms with van der Waals surface area (Å²) in [5.41, 5.74) is 7.19. The van der Waals surface area contributed by atoms with Crippen molar-refractivity contribution in [1.29, 1.82) is 0 Å². The van der Waals surface area contributed by atoms with Gasteiger partial charge in [-0.25, -0.2) is 4.79 Å². The van der Waals surface area contributed by atoms with E-state index >= 15 is 0 Å². The Balaban J connectivity index is 2.75. The molecule has 1 unspecified atom stereocenters. The molecule has 0 aliphatic rings. The number of nitrogens with one attached hydrogen (secondary N) is 1. The Hall–Kier alpha value is -1.14. The molecule has 8 heteroatoms. The first-order chi connectivity index (χ1) is 9.79. The third-order valence-electron chi connectivity index (χ3n) is 3.10. The number of esters is 1. The highest BCUT2D eigenvalue weighted by atomic mass is 35.6. The van der Waals surface area contributed by atoms with E-state index in [1.807, 2.05) is 0 Å². The second-order valence-electron chi connectivity index (χ2n) is 4.34. The van der Waals surface area contributed by atoms with E-state index in [2.05, 4.69) is 4.98 Å². The van der Waals surface area contributed by atoms with Gasteiger partial charge < -0.3 is 20.2 Å². The van der Waals surface area contributed by atoms with Crippen LogP contribution in [0.5, 0.6) is 5.75 Å². The van der Waals surface area contributed by atoms with Crippen molar-refractivity contribution in [3.05, 3.63) is 29.5 Å². The van der Waals surface area contributed by atoms with Crippen LogP contribution in [-0.4, -0.2) is 29.0 Å². The van der Waals surface area contributed by atoms with Gasteiger partial charge in [-0.05, 0) is 18.2 Å². The Morgan fingerprint density at radius 3 is 2.52 bits per heavy atom. The SMILES string of the molecule is COC(=O)c1[nH]c2ccc(OC)cc2c1C(N)C(Cl)(Cl)Cl. The summed E-state index contributed by atoms with van der Waals surface area (Å²) in [4.78, 5) is 14.9. The Morgan fingerprint density at radius 2 is 2.00 bits per heavy atom. The number of methoxy groups -OCH3 is 2. The zero-order chi connectivity index (χ0) is 15.8. The molecule has 2 aromatic rings. The number of H-pyrrole nitrogens is 1. The summed E-state index contributed by atoms with van der Waals surface area (Å²) in [5.74, 6) is 0.000509. The minimum absolute atomic E-state index is 0.152. The number of ether oxygens (including phenoxy) is 2. The normalized spacial score (nSPS) is 13.2. The molecule has 0 saturated carbocycles. The van der Waals surface area contributed by atoms with Crippen molar-refractivity contribution in [2.45, 2.75) is 9.83 Å². The second kappa shape index (κ2) is 5.93. The maximum atomic E-state index is 11.9. The summed E-state index contributed by atoms with van der Waals surface area (Å²) in [5, 5.41) is 0.633. The highest BCUT2D eigenvalue weighted by Gasteiger charge is 2.36. The number of alkyl halides is 3. The standard InChI is InChI=1S/C13H13Cl3N2O3/c1-20-6-3-4-8-7(5-6)9(11(17)13(14,15)16)10(18-8)12(19)21-2/h3-5,11,18H,17H2,1-2H3. The number of benzene rings is 1. The Bertz CT molecular complexity index is 679. The van der Waals surface area contributed by atoms with Crippen LogP contribution in [0.25, 0.3) is 10.9 Å². The van der Waals surface area contributed by atoms with E-state index in [1.165, 1.54) is 14.2 Å². The third kappa shape index (κ3) is 3.06. The molecule has 0 radical (unpaired) electrons. The van der Waals surface area contributed by atoms with E-state index in [1.54, 1.807) is 18.2 Å². The molecule has 21 heavy (non-hydrogen) atoms. The van der Waals surface area contributed by atoms with E-state index in [9.17, 15) is 4.79 Å². The van der Waals surface area contributed by atoms with Gasteiger partial charge >= 0.3 is 5.97 Å². The van der Waals surface area contributed by atoms with Crippen LogP contribution in [0.1, 0.15) is 22.1 Å². The molecule has 0 spiro atoms. The smallest absolute Gasteiger partial charge is 0.354 e. The summed E-state index contributed by atoms with van der Waals surface area (Å²) in [6, 6.07) is 4.18. The molecule has 1 aromatic heterocycles. The minimum atomic E-state index is -1.78. The van der Waals surface area contributed by atoms with E-state index < -0.39 is 15.8 Å². The molecule has 0 aliphatic heterocycles. The maximum Gasteiger partial charge on any atom is 0.354 e. The summed E-state index contributed by atoms with van der Waals surface area (Å²) < 4.78 is 8.13. The summed E-state index contributed by atoms with van der Waals surface area (Å²) in [7, 11) is 2.79. The average Bonchev–Trinajstić information content (AvgIpc) is 2.82. The molecular weight excluding hydrogens is 339 g/mol. The lowest BCUT2D eigenvalue weighted by molar-refractivity contribution is 0.0593. The van der Waals surface area contributed by atoms with Gasteiger partial charge in [0, 0.05) is 16.5 Å². The van der Waals surface area contributed by atoms with Crippen LogP contribution in [0.2, 0.25) is 0 Å². The molecule has 0 aliphatic carbocycles. The number of hydrogen-bond acceptors (Lipinski definition) is 4. The molecule has 0 amide bonds. The fourth-order valence-corrected chi connectivity index (χ4v) is 2.40. The molecule has 1 heterocycles. The van der Waals surface area contributed by atoms with Crippen molar-refractivity contribution in [2.24, 2.45) is 5.73 Å². The fraction of sp³-hybridized carbons (Fsp3) is 0.308. The van der Waals surface area contributed by atoms with Gasteiger partial charge in [-0.3, -0.25) is 0 Å². The minimum Gasteiger partial charge on any atom is -0.497 e. The van der Waals surface area contributed by atoms with Gasteiger partial charge in [-0.1, -0.05) is 34.8 Å². The first-order valence-electron chi connectivity index (χ1n) is 5.89. The van der Waals surface area contributed by atoms with Crippen molar-refractivity contribution in [1.82, 2.24) is 4.98 Å². The summed E-state index contributed by atoms with van der Waals surface area (Å²) >= 11 is 17.6. The number of halogens is 3. The van der Waals surface area contributed by atoms with Gasteiger partial charge in [0.25, 0.3) is 0 Å². The number of carbonyl (C=O) groups excluding carboxylic acids is 1. The zero-order valence-electron chi connectivity index (χ0n) is 11.2. The van der Waals surface area contributed by atoms with E-state index in [0.717, 1.165) is 0 Å². The van der Waals surface area contributed by atoms with Crippen molar-refractivity contribution < 1.29 is 14.3 Å². The molecule has 2 rings (SSSR count). The topological polar surface area (TPSA) is 77.3 Å². The number of aromatic nitrogens is 1. The molecule has 1 atom stereocenters. The monoisotopic (exact) mass is 350 g/mol. The molecule has 0 saturated heterocycles. The predicted octanol–water partition coefficient (Wildman–Crippen LogP) is 3.33. The summed E-state index contributed by atoms with van der Waals surface area (Å²) in [6.07, 6.45) is 0. The Morgan fingerprint density at radius 1 is 1.33 bits per heavy atom. The lowest BCUT2D eigenvalue weighted by Crippen LogP contribution is -2.27. The molecule has 1 aromatic carbocycles. The largest absolute Gasteiger partial charge is 0.497 e. The third-order valence-corrected chi connectivity index (χ3v) is 3.80. The number of fused-ring (bicyclic) bond motifs is 1. The van der Waals surface area contributed by atoms with Crippen LogP contribution in [0.15, 0.2) is 18.2 Å². The second-order valence-corrected chi connectivity index (χ2v) is 6.70. The van der Waals surface area contributed by atoms with Crippen LogP contribution in [-0.2, 0) is 4.74 Å². The van der Waals surface area contributed by atoms with Gasteiger partial charge in [0.05, 0.1) is 20.3 Å². The number of aromatic amines is 1. The van der Waals surface area contributed by atoms with Crippen molar-refractivity contribution >= 4 is 51.7 Å². The predicted molar refractivity (Wildman–Crippen MR) is 83.4 cm³/mol. The highest BCUT2D eigenvalue weighted by Crippen LogP contribution is 2.42. The molecular formula is C13H13Cl3N2O3. The van der Waals surface area contributed by atoms with Crippen LogP contribution < -0.4 is 10.5 Å². The van der Waals surface area contributed by atoms with Gasteiger partial charge in [0.15, 0.2) is 0 Å². The first kappa shape index (κ1) is 16.2. The van der Waals surface area contributed by atoms with Crippen LogP contribution in [0, 0.1) is 0 Å². The quantitative estimate of drug-likeness (QED) is 0.657. The Labute approximate surface area is 136 Å². The fourth-order valence-electron chi connectivity index (χ4n) is 2.07. The van der Waals surface area contributed by atoms with E-state index in [0.29, 0.717) is 22.2 Å². The molecule has 5 nitrogen and oxygen atoms in total. The number of nitrogens with two attached hydrogens (primary N) is 1. The van der Waals surface area contributed by atoms with Gasteiger partial charge in [0.2, 0.25) is 3.79 Å². The van der Waals surface area contributed by atoms with Gasteiger partial charge in [-0.2, -0.15) is 0 Å². The van der Waals surface area contributed by atoms with E-state index in [-0.39, 0.29) is 5.69 Å². The highest BCUT2D eigenvalue weighted by molar-refractivity contribution is 6.68. The molecule has 0 bridgehead atoms. The lowest BCUT2D eigenvalue weighted by atomic mass is 10.0. The molecule has 0 fully saturated rings. The zero-order valence-corrected chi connectivity index (χ0v) is 13.5. The summed E-state index contributed by atoms with van der Waals surface area (Å²) in [6.45, 7) is 0. The van der Waals surface area contributed by atoms with Gasteiger partial charge in [-0.15, -0.1) is 0 Å². The van der Waals surface area contributed by atoms with Crippen LogP contribution in [0.3, 0.4) is 0 Å². The number of carbonyl (C=O) groups is 1. The van der Waals surface area contributed by atoms with Crippen molar-refractivity contribution in [2.75, 3.05) is 14.2 Å². The average molecular weight is 352 g/mol. The molecule has 3 N–H and O–H groups in total. The Kier molecular flexibility index (Phi) is 4.58. The van der Waals surface area contributed by atoms with Crippen molar-refractivity contribution in [3.63, 3.8) is 0 Å².